The largest absolute Gasteiger partial charge is 0.356 e. The molecule has 0 bridgehead atoms. The topological polar surface area (TPSA) is 49.4 Å². The SMILES string of the molecule is CCCCNC(=O)C1CCN(C(=O)CCc2ccccc2)CC1. The van der Waals surface area contributed by atoms with Crippen LogP contribution in [-0.4, -0.2) is 36.3 Å². The first-order chi connectivity index (χ1) is 11.2. The molecule has 0 saturated carbocycles. The first-order valence-electron chi connectivity index (χ1n) is 8.80. The van der Waals surface area contributed by atoms with Crippen LogP contribution in [0.15, 0.2) is 30.3 Å². The van der Waals surface area contributed by atoms with E-state index in [1.807, 2.05) is 23.1 Å². The van der Waals surface area contributed by atoms with Crippen LogP contribution in [0.3, 0.4) is 0 Å². The molecular formula is C19H28N2O2. The Morgan fingerprint density at radius 2 is 1.87 bits per heavy atom. The zero-order chi connectivity index (χ0) is 16.5. The van der Waals surface area contributed by atoms with Crippen molar-refractivity contribution in [2.45, 2.75) is 45.4 Å². The number of piperidine rings is 1. The van der Waals surface area contributed by atoms with Gasteiger partial charge in [0, 0.05) is 32.0 Å². The molecule has 0 spiro atoms. The van der Waals surface area contributed by atoms with Crippen molar-refractivity contribution in [1.29, 1.82) is 0 Å². The van der Waals surface area contributed by atoms with Gasteiger partial charge < -0.3 is 10.2 Å². The van der Waals surface area contributed by atoms with Crippen LogP contribution in [0.1, 0.15) is 44.6 Å². The van der Waals surface area contributed by atoms with Gasteiger partial charge in [0.25, 0.3) is 0 Å². The Bertz CT molecular complexity index is 493. The predicted octanol–water partition coefficient (Wildman–Crippen LogP) is 2.77. The number of rotatable bonds is 7. The molecule has 0 unspecified atom stereocenters. The highest BCUT2D eigenvalue weighted by atomic mass is 16.2. The van der Waals surface area contributed by atoms with E-state index in [9.17, 15) is 9.59 Å². The Kier molecular flexibility index (Phi) is 7.11. The molecule has 23 heavy (non-hydrogen) atoms. The van der Waals surface area contributed by atoms with Gasteiger partial charge in [-0.3, -0.25) is 9.59 Å². The lowest BCUT2D eigenvalue weighted by Gasteiger charge is -2.31. The van der Waals surface area contributed by atoms with Crippen LogP contribution in [0.25, 0.3) is 0 Å². The number of nitrogens with zero attached hydrogens (tertiary/aromatic N) is 1. The maximum Gasteiger partial charge on any atom is 0.223 e. The van der Waals surface area contributed by atoms with Crippen molar-refractivity contribution in [1.82, 2.24) is 10.2 Å². The molecule has 2 amide bonds. The van der Waals surface area contributed by atoms with Crippen LogP contribution in [0.5, 0.6) is 0 Å². The molecule has 126 valence electrons. The molecule has 1 fully saturated rings. The quantitative estimate of drug-likeness (QED) is 0.786. The molecule has 1 aliphatic rings. The number of benzene rings is 1. The van der Waals surface area contributed by atoms with Gasteiger partial charge in [-0.1, -0.05) is 43.7 Å². The average Bonchev–Trinajstić information content (AvgIpc) is 2.61. The summed E-state index contributed by atoms with van der Waals surface area (Å²) in [6.07, 6.45) is 5.04. The molecule has 1 N–H and O–H groups in total. The van der Waals surface area contributed by atoms with Gasteiger partial charge in [-0.25, -0.2) is 0 Å². The number of carbonyl (C=O) groups is 2. The van der Waals surface area contributed by atoms with E-state index in [-0.39, 0.29) is 17.7 Å². The number of nitrogens with one attached hydrogen (secondary N) is 1. The molecule has 1 heterocycles. The zero-order valence-corrected chi connectivity index (χ0v) is 14.1. The van der Waals surface area contributed by atoms with Crippen LogP contribution in [0, 0.1) is 5.92 Å². The molecule has 2 rings (SSSR count). The van der Waals surface area contributed by atoms with Crippen LogP contribution in [0.2, 0.25) is 0 Å². The van der Waals surface area contributed by atoms with Crippen LogP contribution >= 0.6 is 0 Å². The fourth-order valence-electron chi connectivity index (χ4n) is 2.98. The molecule has 0 radical (unpaired) electrons. The highest BCUT2D eigenvalue weighted by Gasteiger charge is 2.26. The Hall–Kier alpha value is -1.84. The average molecular weight is 316 g/mol. The fourth-order valence-corrected chi connectivity index (χ4v) is 2.98. The number of amides is 2. The number of hydrogen-bond donors (Lipinski definition) is 1. The number of aryl methyl sites for hydroxylation is 1. The minimum Gasteiger partial charge on any atom is -0.356 e. The molecular weight excluding hydrogens is 288 g/mol. The van der Waals surface area contributed by atoms with Crippen molar-refractivity contribution in [3.8, 4) is 0 Å². The van der Waals surface area contributed by atoms with Gasteiger partial charge in [-0.2, -0.15) is 0 Å². The van der Waals surface area contributed by atoms with Crippen molar-refractivity contribution in [2.75, 3.05) is 19.6 Å². The summed E-state index contributed by atoms with van der Waals surface area (Å²) in [6.45, 7) is 4.30. The van der Waals surface area contributed by atoms with Gasteiger partial charge >= 0.3 is 0 Å². The third-order valence-electron chi connectivity index (χ3n) is 4.52. The lowest BCUT2D eigenvalue weighted by Crippen LogP contribution is -2.43. The smallest absolute Gasteiger partial charge is 0.223 e. The number of unbranched alkanes of at least 4 members (excludes halogenated alkanes) is 1. The molecule has 4 nitrogen and oxygen atoms in total. The van der Waals surface area contributed by atoms with Crippen LogP contribution in [-0.2, 0) is 16.0 Å². The minimum atomic E-state index is 0.0741. The molecule has 1 aromatic rings. The lowest BCUT2D eigenvalue weighted by molar-refractivity contribution is -0.135. The van der Waals surface area contributed by atoms with E-state index < -0.39 is 0 Å². The van der Waals surface area contributed by atoms with Crippen molar-refractivity contribution < 1.29 is 9.59 Å². The normalized spacial score (nSPS) is 15.4. The molecule has 0 aliphatic carbocycles. The van der Waals surface area contributed by atoms with Gasteiger partial charge in [0.2, 0.25) is 11.8 Å². The van der Waals surface area contributed by atoms with Gasteiger partial charge in [0.15, 0.2) is 0 Å². The number of hydrogen-bond acceptors (Lipinski definition) is 2. The van der Waals surface area contributed by atoms with Crippen molar-refractivity contribution in [3.05, 3.63) is 35.9 Å². The second-order valence-electron chi connectivity index (χ2n) is 6.29. The summed E-state index contributed by atoms with van der Waals surface area (Å²) in [5.74, 6) is 0.443. The van der Waals surface area contributed by atoms with Crippen molar-refractivity contribution in [3.63, 3.8) is 0 Å². The third-order valence-corrected chi connectivity index (χ3v) is 4.52. The monoisotopic (exact) mass is 316 g/mol. The van der Waals surface area contributed by atoms with Gasteiger partial charge in [-0.05, 0) is 31.2 Å². The molecule has 1 aliphatic heterocycles. The summed E-state index contributed by atoms with van der Waals surface area (Å²) in [4.78, 5) is 26.2. The third kappa shape index (κ3) is 5.70. The summed E-state index contributed by atoms with van der Waals surface area (Å²) in [6, 6.07) is 10.1. The van der Waals surface area contributed by atoms with Gasteiger partial charge in [-0.15, -0.1) is 0 Å². The Labute approximate surface area is 139 Å². The lowest BCUT2D eigenvalue weighted by atomic mass is 9.95. The van der Waals surface area contributed by atoms with Gasteiger partial charge in [0.05, 0.1) is 0 Å². The van der Waals surface area contributed by atoms with E-state index in [0.717, 1.165) is 38.6 Å². The van der Waals surface area contributed by atoms with E-state index in [1.165, 1.54) is 5.56 Å². The van der Waals surface area contributed by atoms with Crippen LogP contribution < -0.4 is 5.32 Å². The fraction of sp³-hybridized carbons (Fsp3) is 0.579. The standard InChI is InChI=1S/C19H28N2O2/c1-2-3-13-20-19(23)17-11-14-21(15-12-17)18(22)10-9-16-7-5-4-6-8-16/h4-8,17H,2-3,9-15H2,1H3,(H,20,23). The molecule has 4 heteroatoms. The predicted molar refractivity (Wildman–Crippen MR) is 92.0 cm³/mol. The summed E-state index contributed by atoms with van der Waals surface area (Å²) in [5, 5.41) is 3.00. The Morgan fingerprint density at radius 3 is 2.52 bits per heavy atom. The second kappa shape index (κ2) is 9.33. The number of likely N-dealkylation sites (tertiary alicyclic amines) is 1. The molecule has 0 aromatic heterocycles. The summed E-state index contributed by atoms with van der Waals surface area (Å²) < 4.78 is 0. The van der Waals surface area contributed by atoms with Gasteiger partial charge in [0.1, 0.15) is 0 Å². The Morgan fingerprint density at radius 1 is 1.17 bits per heavy atom. The highest BCUT2D eigenvalue weighted by molar-refractivity contribution is 5.80. The van der Waals surface area contributed by atoms with E-state index in [2.05, 4.69) is 24.4 Å². The molecule has 1 saturated heterocycles. The molecule has 0 atom stereocenters. The minimum absolute atomic E-state index is 0.0741. The first kappa shape index (κ1) is 17.5. The summed E-state index contributed by atoms with van der Waals surface area (Å²) >= 11 is 0. The first-order valence-corrected chi connectivity index (χ1v) is 8.80. The van der Waals surface area contributed by atoms with E-state index in [1.54, 1.807) is 0 Å². The van der Waals surface area contributed by atoms with E-state index in [0.29, 0.717) is 19.5 Å². The number of carbonyl (C=O) groups excluding carboxylic acids is 2. The van der Waals surface area contributed by atoms with Crippen molar-refractivity contribution in [2.24, 2.45) is 5.92 Å². The maximum absolute atomic E-state index is 12.3. The Balaban J connectivity index is 1.69. The summed E-state index contributed by atoms with van der Waals surface area (Å²) in [7, 11) is 0. The highest BCUT2D eigenvalue weighted by Crippen LogP contribution is 2.18. The van der Waals surface area contributed by atoms with E-state index >= 15 is 0 Å². The molecule has 1 aromatic carbocycles. The van der Waals surface area contributed by atoms with E-state index in [4.69, 9.17) is 0 Å². The van der Waals surface area contributed by atoms with Crippen LogP contribution in [0.4, 0.5) is 0 Å². The summed E-state index contributed by atoms with van der Waals surface area (Å²) in [5.41, 5.74) is 1.20. The zero-order valence-electron chi connectivity index (χ0n) is 14.1. The van der Waals surface area contributed by atoms with Crippen molar-refractivity contribution >= 4 is 11.8 Å². The maximum atomic E-state index is 12.3. The second-order valence-corrected chi connectivity index (χ2v) is 6.29.